The van der Waals surface area contributed by atoms with Crippen LogP contribution in [0.4, 0.5) is 0 Å². The Kier molecular flexibility index (Phi) is 44.5. The highest BCUT2D eigenvalue weighted by molar-refractivity contribution is 5.70. The standard InChI is InChI=1S/C57H97NO7/c1-6-8-10-12-14-16-18-20-22-24-26-28-30-31-33-35-37-39-41-43-45-47-55(59)64-52-53(51-63-50-49-54(57(61)62)58(3,4)5)65-56(60)48-46-44-42-40-38-36-34-32-29-27-25-23-21-19-17-15-13-11-9-7-2/h8,10,14,16,20,22,26-29,31,33,37,39,53-54H,6-7,9,11-13,15,17-19,21,23-25,30,32,34-36,38,40-52H2,1-5H3/b10-8+,16-14+,22-20+,28-26+,29-27+,33-31+,39-37+. The van der Waals surface area contributed by atoms with Crippen LogP contribution in [-0.2, 0) is 28.6 Å². The highest BCUT2D eigenvalue weighted by Crippen LogP contribution is 2.14. The van der Waals surface area contributed by atoms with E-state index in [0.717, 1.165) is 70.6 Å². The second-order valence-electron chi connectivity index (χ2n) is 18.4. The monoisotopic (exact) mass is 908 g/mol. The van der Waals surface area contributed by atoms with Gasteiger partial charge in [0.25, 0.3) is 0 Å². The first-order chi connectivity index (χ1) is 31.6. The predicted molar refractivity (Wildman–Crippen MR) is 272 cm³/mol. The van der Waals surface area contributed by atoms with Crippen LogP contribution in [0.3, 0.4) is 0 Å². The van der Waals surface area contributed by atoms with Crippen LogP contribution in [0.5, 0.6) is 0 Å². The summed E-state index contributed by atoms with van der Waals surface area (Å²) in [6.45, 7) is 4.50. The average molecular weight is 908 g/mol. The molecular formula is C57H97NO7. The van der Waals surface area contributed by atoms with Crippen LogP contribution in [-0.4, -0.2) is 75.5 Å². The van der Waals surface area contributed by atoms with Crippen molar-refractivity contribution in [3.8, 4) is 0 Å². The molecule has 2 unspecified atom stereocenters. The molecule has 8 heteroatoms. The molecule has 0 bridgehead atoms. The van der Waals surface area contributed by atoms with Crippen molar-refractivity contribution in [3.63, 3.8) is 0 Å². The van der Waals surface area contributed by atoms with E-state index >= 15 is 0 Å². The Morgan fingerprint density at radius 2 is 0.862 bits per heavy atom. The number of aliphatic carboxylic acids is 1. The van der Waals surface area contributed by atoms with Crippen LogP contribution in [0.2, 0.25) is 0 Å². The van der Waals surface area contributed by atoms with Crippen molar-refractivity contribution in [3.05, 3.63) is 85.1 Å². The highest BCUT2D eigenvalue weighted by Gasteiger charge is 2.25. The van der Waals surface area contributed by atoms with Crippen LogP contribution < -0.4 is 5.11 Å². The second-order valence-corrected chi connectivity index (χ2v) is 18.4. The van der Waals surface area contributed by atoms with Crippen molar-refractivity contribution in [2.45, 2.75) is 219 Å². The lowest BCUT2D eigenvalue weighted by molar-refractivity contribution is -0.889. The molecule has 0 aromatic rings. The molecule has 0 aliphatic rings. The van der Waals surface area contributed by atoms with Crippen LogP contribution in [0.15, 0.2) is 85.1 Å². The number of esters is 2. The molecule has 0 rings (SSSR count). The van der Waals surface area contributed by atoms with Crippen molar-refractivity contribution in [1.29, 1.82) is 0 Å². The van der Waals surface area contributed by atoms with Crippen molar-refractivity contribution in [2.75, 3.05) is 41.0 Å². The Morgan fingerprint density at radius 3 is 1.32 bits per heavy atom. The summed E-state index contributed by atoms with van der Waals surface area (Å²) in [7, 11) is 5.40. The molecular weight excluding hydrogens is 811 g/mol. The quantitative estimate of drug-likeness (QED) is 0.0259. The number of carbonyl (C=O) groups excluding carboxylic acids is 3. The number of allylic oxidation sites excluding steroid dienone is 14. The van der Waals surface area contributed by atoms with Crippen molar-refractivity contribution < 1.29 is 38.2 Å². The molecule has 0 aromatic carbocycles. The molecule has 0 N–H and O–H groups in total. The summed E-state index contributed by atoms with van der Waals surface area (Å²) in [5.74, 6) is -1.80. The molecule has 0 saturated carbocycles. The fraction of sp³-hybridized carbons (Fsp3) is 0.702. The zero-order valence-corrected chi connectivity index (χ0v) is 42.4. The Bertz CT molecular complexity index is 1330. The molecule has 65 heavy (non-hydrogen) atoms. The van der Waals surface area contributed by atoms with Crippen LogP contribution in [0.1, 0.15) is 206 Å². The number of unbranched alkanes of at least 4 members (excludes halogenated alkanes) is 18. The van der Waals surface area contributed by atoms with Gasteiger partial charge in [0.2, 0.25) is 0 Å². The number of quaternary nitrogens is 1. The Hall–Kier alpha value is -3.49. The van der Waals surface area contributed by atoms with E-state index in [4.69, 9.17) is 14.2 Å². The zero-order chi connectivity index (χ0) is 47.7. The largest absolute Gasteiger partial charge is 0.544 e. The van der Waals surface area contributed by atoms with Gasteiger partial charge in [-0.15, -0.1) is 0 Å². The summed E-state index contributed by atoms with van der Waals surface area (Å²) in [6.07, 6.45) is 61.9. The van der Waals surface area contributed by atoms with Gasteiger partial charge in [-0.2, -0.15) is 0 Å². The van der Waals surface area contributed by atoms with Crippen LogP contribution >= 0.6 is 0 Å². The molecule has 0 fully saturated rings. The predicted octanol–water partition coefficient (Wildman–Crippen LogP) is 13.9. The molecule has 0 spiro atoms. The molecule has 0 radical (unpaired) electrons. The van der Waals surface area contributed by atoms with E-state index in [0.29, 0.717) is 12.8 Å². The van der Waals surface area contributed by atoms with Gasteiger partial charge in [0.05, 0.1) is 40.3 Å². The van der Waals surface area contributed by atoms with Gasteiger partial charge in [0.15, 0.2) is 6.10 Å². The third kappa shape index (κ3) is 45.5. The number of carboxylic acid groups (broad SMARTS) is 1. The summed E-state index contributed by atoms with van der Waals surface area (Å²) in [4.78, 5) is 37.0. The number of hydrogen-bond acceptors (Lipinski definition) is 7. The number of likely N-dealkylation sites (N-methyl/N-ethyl adjacent to an activating group) is 1. The lowest BCUT2D eigenvalue weighted by Gasteiger charge is -2.34. The molecule has 8 nitrogen and oxygen atoms in total. The highest BCUT2D eigenvalue weighted by atomic mass is 16.6. The lowest BCUT2D eigenvalue weighted by Crippen LogP contribution is -2.55. The molecule has 0 aliphatic heterocycles. The van der Waals surface area contributed by atoms with E-state index in [2.05, 4.69) is 98.9 Å². The fourth-order valence-corrected chi connectivity index (χ4v) is 7.25. The van der Waals surface area contributed by atoms with Gasteiger partial charge < -0.3 is 28.6 Å². The first kappa shape index (κ1) is 61.5. The first-order valence-corrected chi connectivity index (χ1v) is 26.1. The van der Waals surface area contributed by atoms with E-state index in [-0.39, 0.29) is 49.1 Å². The van der Waals surface area contributed by atoms with Crippen molar-refractivity contribution >= 4 is 17.9 Å². The van der Waals surface area contributed by atoms with E-state index in [9.17, 15) is 19.5 Å². The minimum Gasteiger partial charge on any atom is -0.544 e. The van der Waals surface area contributed by atoms with Gasteiger partial charge in [-0.05, 0) is 89.9 Å². The Balaban J connectivity index is 4.34. The van der Waals surface area contributed by atoms with Crippen molar-refractivity contribution in [1.82, 2.24) is 0 Å². The molecule has 0 aliphatic carbocycles. The fourth-order valence-electron chi connectivity index (χ4n) is 7.25. The average Bonchev–Trinajstić information content (AvgIpc) is 3.27. The maximum atomic E-state index is 12.8. The van der Waals surface area contributed by atoms with Gasteiger partial charge in [-0.3, -0.25) is 9.59 Å². The van der Waals surface area contributed by atoms with Crippen molar-refractivity contribution in [2.24, 2.45) is 0 Å². The SMILES string of the molecule is CC/C=C/C/C=C/C/C=C/C/C=C/C/C=C/C/C=C/CCCCC(=O)OCC(COCCC(C(=O)[O-])[N+](C)(C)C)OC(=O)CCCCCCCCC/C=C/CCCCCCCCCCC. The van der Waals surface area contributed by atoms with Gasteiger partial charge >= 0.3 is 11.9 Å². The topological polar surface area (TPSA) is 102 Å². The van der Waals surface area contributed by atoms with E-state index in [1.165, 1.54) is 96.3 Å². The van der Waals surface area contributed by atoms with Gasteiger partial charge in [0, 0.05) is 19.3 Å². The molecule has 0 saturated heterocycles. The van der Waals surface area contributed by atoms with Gasteiger partial charge in [0.1, 0.15) is 12.6 Å². The lowest BCUT2D eigenvalue weighted by atomic mass is 10.1. The number of hydrogen-bond donors (Lipinski definition) is 0. The smallest absolute Gasteiger partial charge is 0.306 e. The normalized spacial score (nSPS) is 13.6. The minimum atomic E-state index is -1.13. The number of rotatable bonds is 46. The second kappa shape index (κ2) is 47.0. The van der Waals surface area contributed by atoms with E-state index < -0.39 is 18.1 Å². The number of carbonyl (C=O) groups is 3. The molecule has 2 atom stereocenters. The number of ether oxygens (including phenoxy) is 3. The Morgan fingerprint density at radius 1 is 0.477 bits per heavy atom. The van der Waals surface area contributed by atoms with Gasteiger partial charge in [-0.1, -0.05) is 182 Å². The molecule has 0 heterocycles. The maximum Gasteiger partial charge on any atom is 0.306 e. The Labute approximate surface area is 399 Å². The first-order valence-electron chi connectivity index (χ1n) is 26.1. The minimum absolute atomic E-state index is 0.0209. The molecule has 0 aromatic heterocycles. The maximum absolute atomic E-state index is 12.8. The van der Waals surface area contributed by atoms with Gasteiger partial charge in [-0.25, -0.2) is 0 Å². The number of carboxylic acids is 1. The zero-order valence-electron chi connectivity index (χ0n) is 42.4. The summed E-state index contributed by atoms with van der Waals surface area (Å²) in [5, 5.41) is 11.7. The van der Waals surface area contributed by atoms with E-state index in [1.807, 2.05) is 0 Å². The number of nitrogens with zero attached hydrogens (tertiary/aromatic N) is 1. The third-order valence-corrected chi connectivity index (χ3v) is 11.3. The molecule has 372 valence electrons. The summed E-state index contributed by atoms with van der Waals surface area (Å²) in [6, 6.07) is -0.738. The van der Waals surface area contributed by atoms with E-state index in [1.54, 1.807) is 21.1 Å². The van der Waals surface area contributed by atoms with Crippen LogP contribution in [0, 0.1) is 0 Å². The summed E-state index contributed by atoms with van der Waals surface area (Å²) < 4.78 is 17.2. The third-order valence-electron chi connectivity index (χ3n) is 11.3. The van der Waals surface area contributed by atoms with Crippen LogP contribution in [0.25, 0.3) is 0 Å². The molecule has 0 amide bonds. The summed E-state index contributed by atoms with van der Waals surface area (Å²) >= 11 is 0. The summed E-state index contributed by atoms with van der Waals surface area (Å²) in [5.41, 5.74) is 0.